The van der Waals surface area contributed by atoms with Gasteiger partial charge in [0.15, 0.2) is 0 Å². The molecule has 0 aromatic carbocycles. The van der Waals surface area contributed by atoms with Gasteiger partial charge in [-0.3, -0.25) is 4.68 Å². The van der Waals surface area contributed by atoms with Crippen molar-refractivity contribution in [3.8, 4) is 6.01 Å². The van der Waals surface area contributed by atoms with Crippen molar-refractivity contribution in [3.63, 3.8) is 0 Å². The lowest BCUT2D eigenvalue weighted by atomic mass is 10.1. The van der Waals surface area contributed by atoms with Gasteiger partial charge in [-0.2, -0.15) is 5.10 Å². The van der Waals surface area contributed by atoms with Crippen LogP contribution in [0.3, 0.4) is 0 Å². The Morgan fingerprint density at radius 1 is 1.35 bits per heavy atom. The van der Waals surface area contributed by atoms with Crippen molar-refractivity contribution in [2.75, 3.05) is 14.2 Å². The van der Waals surface area contributed by atoms with Crippen molar-refractivity contribution in [1.29, 1.82) is 0 Å². The summed E-state index contributed by atoms with van der Waals surface area (Å²) in [6.07, 6.45) is 5.27. The maximum atomic E-state index is 4.94. The number of aromatic nitrogens is 4. The first kappa shape index (κ1) is 11.5. The van der Waals surface area contributed by atoms with Crippen molar-refractivity contribution >= 4 is 0 Å². The normalized spacial score (nSPS) is 12.4. The Hall–Kier alpha value is -1.95. The van der Waals surface area contributed by atoms with Crippen LogP contribution in [-0.2, 0) is 7.05 Å². The van der Waals surface area contributed by atoms with Crippen LogP contribution in [0.15, 0.2) is 24.7 Å². The molecule has 0 spiro atoms. The highest BCUT2D eigenvalue weighted by Gasteiger charge is 2.16. The molecule has 2 aromatic rings. The van der Waals surface area contributed by atoms with Gasteiger partial charge in [-0.05, 0) is 13.1 Å². The van der Waals surface area contributed by atoms with Crippen LogP contribution in [0.25, 0.3) is 0 Å². The standard InChI is InChI=1S/C11H15N5O/c1-12-10(9-4-5-15-16(9)2)8-6-13-11(17-3)14-7-8/h4-7,10,12H,1-3H3. The van der Waals surface area contributed by atoms with E-state index in [2.05, 4.69) is 20.4 Å². The molecule has 0 aliphatic carbocycles. The van der Waals surface area contributed by atoms with Crippen LogP contribution in [-0.4, -0.2) is 33.9 Å². The summed E-state index contributed by atoms with van der Waals surface area (Å²) in [5.41, 5.74) is 2.03. The Kier molecular flexibility index (Phi) is 3.34. The molecule has 6 nitrogen and oxygen atoms in total. The number of nitrogens with one attached hydrogen (secondary N) is 1. The van der Waals surface area contributed by atoms with Gasteiger partial charge in [0.1, 0.15) is 0 Å². The van der Waals surface area contributed by atoms with E-state index in [0.717, 1.165) is 11.3 Å². The molecule has 0 aliphatic heterocycles. The number of methoxy groups -OCH3 is 1. The molecular weight excluding hydrogens is 218 g/mol. The SMILES string of the molecule is CNC(c1cnc(OC)nc1)c1ccnn1C. The predicted molar refractivity (Wildman–Crippen MR) is 62.7 cm³/mol. The van der Waals surface area contributed by atoms with Crippen molar-refractivity contribution < 1.29 is 4.74 Å². The van der Waals surface area contributed by atoms with Crippen molar-refractivity contribution in [2.45, 2.75) is 6.04 Å². The summed E-state index contributed by atoms with van der Waals surface area (Å²) >= 11 is 0. The summed E-state index contributed by atoms with van der Waals surface area (Å²) in [5, 5.41) is 7.37. The van der Waals surface area contributed by atoms with E-state index in [0.29, 0.717) is 6.01 Å². The first-order valence-corrected chi connectivity index (χ1v) is 5.27. The average molecular weight is 233 g/mol. The van der Waals surface area contributed by atoms with E-state index in [9.17, 15) is 0 Å². The van der Waals surface area contributed by atoms with E-state index < -0.39 is 0 Å². The molecule has 0 saturated heterocycles. The van der Waals surface area contributed by atoms with Crippen molar-refractivity contribution in [3.05, 3.63) is 35.9 Å². The zero-order valence-corrected chi connectivity index (χ0v) is 10.1. The molecule has 0 amide bonds. The number of nitrogens with zero attached hydrogens (tertiary/aromatic N) is 4. The fraction of sp³-hybridized carbons (Fsp3) is 0.364. The number of rotatable bonds is 4. The third-order valence-electron chi connectivity index (χ3n) is 2.61. The van der Waals surface area contributed by atoms with E-state index in [1.807, 2.05) is 24.8 Å². The lowest BCUT2D eigenvalue weighted by Gasteiger charge is -2.16. The van der Waals surface area contributed by atoms with Crippen molar-refractivity contribution in [1.82, 2.24) is 25.1 Å². The highest BCUT2D eigenvalue weighted by molar-refractivity contribution is 5.23. The summed E-state index contributed by atoms with van der Waals surface area (Å²) in [6.45, 7) is 0. The molecule has 0 bridgehead atoms. The molecule has 2 rings (SSSR count). The van der Waals surface area contributed by atoms with Gasteiger partial charge in [-0.1, -0.05) is 0 Å². The third-order valence-corrected chi connectivity index (χ3v) is 2.61. The third kappa shape index (κ3) is 2.26. The monoisotopic (exact) mass is 233 g/mol. The molecule has 1 N–H and O–H groups in total. The fourth-order valence-corrected chi connectivity index (χ4v) is 1.73. The van der Waals surface area contributed by atoms with Crippen LogP contribution >= 0.6 is 0 Å². The molecule has 90 valence electrons. The van der Waals surface area contributed by atoms with Crippen molar-refractivity contribution in [2.24, 2.45) is 7.05 Å². The summed E-state index contributed by atoms with van der Waals surface area (Å²) in [7, 11) is 5.34. The van der Waals surface area contributed by atoms with E-state index in [1.54, 1.807) is 25.7 Å². The van der Waals surface area contributed by atoms with Gasteiger partial charge in [0, 0.05) is 31.2 Å². The second kappa shape index (κ2) is 4.92. The Bertz CT molecular complexity index is 479. The summed E-state index contributed by atoms with van der Waals surface area (Å²) in [6, 6.07) is 2.35. The van der Waals surface area contributed by atoms with Gasteiger partial charge < -0.3 is 10.1 Å². The minimum atomic E-state index is 0.0217. The van der Waals surface area contributed by atoms with Gasteiger partial charge >= 0.3 is 6.01 Å². The minimum absolute atomic E-state index is 0.0217. The van der Waals surface area contributed by atoms with E-state index in [1.165, 1.54) is 0 Å². The van der Waals surface area contributed by atoms with Gasteiger partial charge in [-0.25, -0.2) is 9.97 Å². The number of ether oxygens (including phenoxy) is 1. The highest BCUT2D eigenvalue weighted by Crippen LogP contribution is 2.20. The van der Waals surface area contributed by atoms with Gasteiger partial charge in [0.25, 0.3) is 0 Å². The van der Waals surface area contributed by atoms with E-state index in [-0.39, 0.29) is 6.04 Å². The summed E-state index contributed by atoms with van der Waals surface area (Å²) in [5.74, 6) is 0. The minimum Gasteiger partial charge on any atom is -0.467 e. The smallest absolute Gasteiger partial charge is 0.316 e. The molecule has 17 heavy (non-hydrogen) atoms. The van der Waals surface area contributed by atoms with Gasteiger partial charge in [-0.15, -0.1) is 0 Å². The van der Waals surface area contributed by atoms with Crippen LogP contribution < -0.4 is 10.1 Å². The molecule has 0 aliphatic rings. The Balaban J connectivity index is 2.32. The molecule has 1 unspecified atom stereocenters. The van der Waals surface area contributed by atoms with Crippen LogP contribution in [0.1, 0.15) is 17.3 Å². The maximum Gasteiger partial charge on any atom is 0.316 e. The van der Waals surface area contributed by atoms with Gasteiger partial charge in [0.2, 0.25) is 0 Å². The Morgan fingerprint density at radius 2 is 2.06 bits per heavy atom. The molecule has 1 atom stereocenters. The second-order valence-electron chi connectivity index (χ2n) is 3.60. The quantitative estimate of drug-likeness (QED) is 0.834. The largest absolute Gasteiger partial charge is 0.467 e. The molecule has 0 fully saturated rings. The number of hydrogen-bond acceptors (Lipinski definition) is 5. The summed E-state index contributed by atoms with van der Waals surface area (Å²) < 4.78 is 6.76. The average Bonchev–Trinajstić information content (AvgIpc) is 2.78. The maximum absolute atomic E-state index is 4.94. The van der Waals surface area contributed by atoms with Crippen LogP contribution in [0, 0.1) is 0 Å². The lowest BCUT2D eigenvalue weighted by molar-refractivity contribution is 0.378. The fourth-order valence-electron chi connectivity index (χ4n) is 1.73. The molecule has 6 heteroatoms. The highest BCUT2D eigenvalue weighted by atomic mass is 16.5. The molecular formula is C11H15N5O. The topological polar surface area (TPSA) is 64.9 Å². The first-order valence-electron chi connectivity index (χ1n) is 5.27. The van der Waals surface area contributed by atoms with E-state index >= 15 is 0 Å². The molecule has 0 saturated carbocycles. The van der Waals surface area contributed by atoms with Crippen LogP contribution in [0.5, 0.6) is 6.01 Å². The zero-order chi connectivity index (χ0) is 12.3. The Morgan fingerprint density at radius 3 is 2.53 bits per heavy atom. The zero-order valence-electron chi connectivity index (χ0n) is 10.1. The van der Waals surface area contributed by atoms with Gasteiger partial charge in [0.05, 0.1) is 18.8 Å². The first-order chi connectivity index (χ1) is 8.26. The molecule has 2 aromatic heterocycles. The van der Waals surface area contributed by atoms with Crippen LogP contribution in [0.2, 0.25) is 0 Å². The van der Waals surface area contributed by atoms with Crippen LogP contribution in [0.4, 0.5) is 0 Å². The Labute approximate surface area is 99.7 Å². The molecule has 0 radical (unpaired) electrons. The second-order valence-corrected chi connectivity index (χ2v) is 3.60. The number of aryl methyl sites for hydroxylation is 1. The molecule has 2 heterocycles. The lowest BCUT2D eigenvalue weighted by Crippen LogP contribution is -2.21. The summed E-state index contributed by atoms with van der Waals surface area (Å²) in [4.78, 5) is 8.21. The number of hydrogen-bond donors (Lipinski definition) is 1. The van der Waals surface area contributed by atoms with E-state index in [4.69, 9.17) is 4.74 Å². The predicted octanol–water partition coefficient (Wildman–Crippen LogP) is 0.527.